The van der Waals surface area contributed by atoms with Gasteiger partial charge in [-0.3, -0.25) is 19.3 Å². The Morgan fingerprint density at radius 3 is 2.26 bits per heavy atom. The molecule has 0 radical (unpaired) electrons. The summed E-state index contributed by atoms with van der Waals surface area (Å²) < 4.78 is 5.11. The van der Waals surface area contributed by atoms with E-state index in [1.165, 1.54) is 11.8 Å². The normalized spacial score (nSPS) is 11.9. The molecule has 0 spiro atoms. The van der Waals surface area contributed by atoms with Crippen molar-refractivity contribution < 1.29 is 29.3 Å². The number of carboxylic acids is 2. The van der Waals surface area contributed by atoms with Gasteiger partial charge in [0.2, 0.25) is 0 Å². The molecule has 1 unspecified atom stereocenters. The van der Waals surface area contributed by atoms with Gasteiger partial charge < -0.3 is 14.9 Å². The fraction of sp³-hybridized carbons (Fsp3) is 0.438. The average molecular weight is 323 g/mol. The maximum absolute atomic E-state index is 11.7. The summed E-state index contributed by atoms with van der Waals surface area (Å²) in [5, 5.41) is 17.7. The van der Waals surface area contributed by atoms with Crippen LogP contribution in [0.2, 0.25) is 0 Å². The molecule has 0 aliphatic rings. The SMILES string of the molecule is CC(C(=O)O)N(CCC(=O)O)CCC(=O)OCc1ccccc1. The third-order valence-corrected chi connectivity index (χ3v) is 3.36. The van der Waals surface area contributed by atoms with E-state index in [0.717, 1.165) is 5.56 Å². The molecule has 0 aliphatic heterocycles. The van der Waals surface area contributed by atoms with Gasteiger partial charge in [0.1, 0.15) is 12.6 Å². The van der Waals surface area contributed by atoms with Crippen LogP contribution < -0.4 is 0 Å². The van der Waals surface area contributed by atoms with Crippen LogP contribution >= 0.6 is 0 Å². The smallest absolute Gasteiger partial charge is 0.320 e. The van der Waals surface area contributed by atoms with Gasteiger partial charge in [-0.1, -0.05) is 30.3 Å². The van der Waals surface area contributed by atoms with E-state index < -0.39 is 23.9 Å². The Hall–Kier alpha value is -2.41. The summed E-state index contributed by atoms with van der Waals surface area (Å²) in [6.07, 6.45) is -0.180. The van der Waals surface area contributed by atoms with Gasteiger partial charge in [-0.05, 0) is 12.5 Å². The lowest BCUT2D eigenvalue weighted by molar-refractivity contribution is -0.148. The van der Waals surface area contributed by atoms with Crippen molar-refractivity contribution in [1.82, 2.24) is 4.90 Å². The van der Waals surface area contributed by atoms with Crippen LogP contribution in [0.5, 0.6) is 0 Å². The summed E-state index contributed by atoms with van der Waals surface area (Å²) >= 11 is 0. The molecule has 1 aromatic carbocycles. The van der Waals surface area contributed by atoms with Crippen LogP contribution in [0.25, 0.3) is 0 Å². The van der Waals surface area contributed by atoms with Gasteiger partial charge in [-0.2, -0.15) is 0 Å². The number of ether oxygens (including phenoxy) is 1. The Morgan fingerprint density at radius 1 is 1.09 bits per heavy atom. The predicted molar refractivity (Wildman–Crippen MR) is 81.8 cm³/mol. The number of nitrogens with zero attached hydrogens (tertiary/aromatic N) is 1. The fourth-order valence-electron chi connectivity index (χ4n) is 1.94. The third-order valence-electron chi connectivity index (χ3n) is 3.36. The van der Waals surface area contributed by atoms with Gasteiger partial charge in [0, 0.05) is 13.1 Å². The summed E-state index contributed by atoms with van der Waals surface area (Å²) in [5.41, 5.74) is 0.863. The molecule has 0 saturated carbocycles. The van der Waals surface area contributed by atoms with Crippen molar-refractivity contribution in [2.45, 2.75) is 32.4 Å². The summed E-state index contributed by atoms with van der Waals surface area (Å²) in [6.45, 7) is 1.81. The number of hydrogen-bond donors (Lipinski definition) is 2. The minimum absolute atomic E-state index is 0.00404. The summed E-state index contributed by atoms with van der Waals surface area (Å²) in [6, 6.07) is 8.34. The first-order valence-corrected chi connectivity index (χ1v) is 7.28. The quantitative estimate of drug-likeness (QED) is 0.627. The summed E-state index contributed by atoms with van der Waals surface area (Å²) in [7, 11) is 0. The van der Waals surface area contributed by atoms with Crippen LogP contribution in [-0.4, -0.2) is 52.2 Å². The van der Waals surface area contributed by atoms with Gasteiger partial charge in [0.25, 0.3) is 0 Å². The highest BCUT2D eigenvalue weighted by atomic mass is 16.5. The van der Waals surface area contributed by atoms with Gasteiger partial charge in [0.05, 0.1) is 12.8 Å². The molecular formula is C16H21NO6. The maximum Gasteiger partial charge on any atom is 0.320 e. The third kappa shape index (κ3) is 7.42. The standard InChI is InChI=1S/C16H21NO6/c1-12(16(21)22)17(9-7-14(18)19)10-8-15(20)23-11-13-5-3-2-4-6-13/h2-6,12H,7-11H2,1H3,(H,18,19)(H,21,22). The number of carbonyl (C=O) groups is 3. The molecule has 23 heavy (non-hydrogen) atoms. The number of carbonyl (C=O) groups excluding carboxylic acids is 1. The average Bonchev–Trinajstić information content (AvgIpc) is 2.53. The van der Waals surface area contributed by atoms with E-state index in [1.54, 1.807) is 0 Å². The topological polar surface area (TPSA) is 104 Å². The van der Waals surface area contributed by atoms with E-state index in [1.807, 2.05) is 30.3 Å². The Balaban J connectivity index is 2.44. The minimum Gasteiger partial charge on any atom is -0.481 e. The molecule has 7 nitrogen and oxygen atoms in total. The molecule has 0 heterocycles. The number of rotatable bonds is 10. The van der Waals surface area contributed by atoms with Crippen molar-refractivity contribution in [3.05, 3.63) is 35.9 Å². The first kappa shape index (κ1) is 18.6. The van der Waals surface area contributed by atoms with Crippen LogP contribution in [-0.2, 0) is 25.7 Å². The lowest BCUT2D eigenvalue weighted by Crippen LogP contribution is -2.41. The van der Waals surface area contributed by atoms with Crippen LogP contribution in [0.3, 0.4) is 0 Å². The highest BCUT2D eigenvalue weighted by molar-refractivity contribution is 5.73. The van der Waals surface area contributed by atoms with Crippen LogP contribution in [0, 0.1) is 0 Å². The second-order valence-corrected chi connectivity index (χ2v) is 5.09. The van der Waals surface area contributed by atoms with E-state index in [2.05, 4.69) is 0 Å². The van der Waals surface area contributed by atoms with Gasteiger partial charge in [-0.15, -0.1) is 0 Å². The fourth-order valence-corrected chi connectivity index (χ4v) is 1.94. The van der Waals surface area contributed by atoms with E-state index in [-0.39, 0.29) is 32.5 Å². The molecule has 1 rings (SSSR count). The second-order valence-electron chi connectivity index (χ2n) is 5.09. The highest BCUT2D eigenvalue weighted by Crippen LogP contribution is 2.06. The van der Waals surface area contributed by atoms with Crippen molar-refractivity contribution in [3.63, 3.8) is 0 Å². The largest absolute Gasteiger partial charge is 0.481 e. The van der Waals surface area contributed by atoms with Crippen molar-refractivity contribution >= 4 is 17.9 Å². The van der Waals surface area contributed by atoms with E-state index >= 15 is 0 Å². The lowest BCUT2D eigenvalue weighted by atomic mass is 10.2. The summed E-state index contributed by atoms with van der Waals surface area (Å²) in [4.78, 5) is 34.8. The number of hydrogen-bond acceptors (Lipinski definition) is 5. The molecule has 2 N–H and O–H groups in total. The van der Waals surface area contributed by atoms with Gasteiger partial charge in [-0.25, -0.2) is 0 Å². The molecule has 0 saturated heterocycles. The first-order valence-electron chi connectivity index (χ1n) is 7.28. The zero-order valence-corrected chi connectivity index (χ0v) is 13.0. The van der Waals surface area contributed by atoms with E-state index in [4.69, 9.17) is 14.9 Å². The number of esters is 1. The molecule has 1 aromatic rings. The van der Waals surface area contributed by atoms with Crippen molar-refractivity contribution in [2.24, 2.45) is 0 Å². The Bertz CT molecular complexity index is 531. The molecule has 126 valence electrons. The molecule has 0 aromatic heterocycles. The number of aliphatic carboxylic acids is 2. The van der Waals surface area contributed by atoms with E-state index in [9.17, 15) is 14.4 Å². The molecule has 0 aliphatic carbocycles. The van der Waals surface area contributed by atoms with Crippen LogP contribution in [0.1, 0.15) is 25.3 Å². The molecule has 0 amide bonds. The Morgan fingerprint density at radius 2 is 1.70 bits per heavy atom. The predicted octanol–water partition coefficient (Wildman–Crippen LogP) is 1.37. The van der Waals surface area contributed by atoms with Gasteiger partial charge >= 0.3 is 17.9 Å². The van der Waals surface area contributed by atoms with Gasteiger partial charge in [0.15, 0.2) is 0 Å². The molecule has 0 bridgehead atoms. The first-order chi connectivity index (χ1) is 10.9. The molecular weight excluding hydrogens is 302 g/mol. The van der Waals surface area contributed by atoms with E-state index in [0.29, 0.717) is 0 Å². The Kier molecular flexibility index (Phi) is 7.76. The summed E-state index contributed by atoms with van der Waals surface area (Å²) in [5.74, 6) is -2.53. The zero-order chi connectivity index (χ0) is 17.2. The maximum atomic E-state index is 11.7. The van der Waals surface area contributed by atoms with Crippen molar-refractivity contribution in [2.75, 3.05) is 13.1 Å². The van der Waals surface area contributed by atoms with Crippen molar-refractivity contribution in [3.8, 4) is 0 Å². The Labute approximate surface area is 134 Å². The highest BCUT2D eigenvalue weighted by Gasteiger charge is 2.22. The van der Waals surface area contributed by atoms with Crippen LogP contribution in [0.4, 0.5) is 0 Å². The molecule has 0 fully saturated rings. The number of benzene rings is 1. The van der Waals surface area contributed by atoms with Crippen molar-refractivity contribution in [1.29, 1.82) is 0 Å². The molecule has 7 heteroatoms. The van der Waals surface area contributed by atoms with Crippen LogP contribution in [0.15, 0.2) is 30.3 Å². The minimum atomic E-state index is -1.06. The second kappa shape index (κ2) is 9.58. The number of carboxylic acid groups (broad SMARTS) is 2. The monoisotopic (exact) mass is 323 g/mol. The zero-order valence-electron chi connectivity index (χ0n) is 13.0. The lowest BCUT2D eigenvalue weighted by Gasteiger charge is -2.25. The molecule has 1 atom stereocenters.